The van der Waals surface area contributed by atoms with Crippen LogP contribution in [0.2, 0.25) is 0 Å². The van der Waals surface area contributed by atoms with E-state index >= 15 is 0 Å². The number of aliphatic hydroxyl groups is 1. The van der Waals surface area contributed by atoms with E-state index in [0.717, 1.165) is 155 Å². The van der Waals surface area contributed by atoms with Crippen LogP contribution in [0.15, 0.2) is 0 Å². The van der Waals surface area contributed by atoms with E-state index in [2.05, 4.69) is 113 Å². The van der Waals surface area contributed by atoms with Crippen LogP contribution in [0.4, 0.5) is 0 Å². The summed E-state index contributed by atoms with van der Waals surface area (Å²) in [5, 5.41) is 11.3. The third-order valence-electron chi connectivity index (χ3n) is 14.7. The molecule has 4 aromatic carbocycles. The molecule has 4 aliphatic heterocycles. The highest BCUT2D eigenvalue weighted by molar-refractivity contribution is 7.18. The summed E-state index contributed by atoms with van der Waals surface area (Å²) in [5.41, 5.74) is 16.7. The van der Waals surface area contributed by atoms with Crippen LogP contribution in [0.3, 0.4) is 0 Å². The van der Waals surface area contributed by atoms with Crippen molar-refractivity contribution in [3.05, 3.63) is 89.0 Å². The van der Waals surface area contributed by atoms with Gasteiger partial charge in [-0.1, -0.05) is 16.2 Å². The van der Waals surface area contributed by atoms with Crippen molar-refractivity contribution >= 4 is 9.24 Å². The lowest BCUT2D eigenvalue weighted by Gasteiger charge is -2.35. The number of hydrogen-bond acceptors (Lipinski definition) is 9. The predicted molar refractivity (Wildman–Crippen MR) is 252 cm³/mol. The molecule has 8 rings (SSSR count). The first-order chi connectivity index (χ1) is 29.6. The lowest BCUT2D eigenvalue weighted by atomic mass is 9.86. The highest BCUT2D eigenvalue weighted by atomic mass is 31.0. The van der Waals surface area contributed by atoms with Crippen LogP contribution in [-0.4, -0.2) is 60.8 Å². The summed E-state index contributed by atoms with van der Waals surface area (Å²) in [6.07, 6.45) is 2.96. The largest absolute Gasteiger partial charge is 0.490 e. The summed E-state index contributed by atoms with van der Waals surface area (Å²) in [7, 11) is 2.89. The van der Waals surface area contributed by atoms with Gasteiger partial charge in [0.15, 0.2) is 0 Å². The minimum atomic E-state index is -0.778. The minimum Gasteiger partial charge on any atom is -0.490 e. The van der Waals surface area contributed by atoms with E-state index in [-0.39, 0.29) is 18.8 Å². The maximum Gasteiger partial charge on any atom is 0.134 e. The SMILES string of the molecule is CCC(C)(CC(O)COc1c(C)c(C)c2c(c1C)Cc1c(C)c(OC(C)(P)CC3CO3)c(C)c(C)c1O2)Oc1c(C)c(C)c2c(c1C)Cc1c(C)c(OCC3CO3)c(C)c(C)c1O2. The Bertz CT molecular complexity index is 2510. The molecule has 6 unspecified atom stereocenters. The Hall–Kier alpha value is -4.01. The molecule has 10 heteroatoms. The quantitative estimate of drug-likeness (QED) is 0.0798. The van der Waals surface area contributed by atoms with E-state index in [1.165, 1.54) is 0 Å². The first-order valence-corrected chi connectivity index (χ1v) is 23.4. The van der Waals surface area contributed by atoms with Crippen molar-refractivity contribution in [3.63, 3.8) is 0 Å². The molecule has 4 aromatic rings. The molecule has 4 aliphatic rings. The van der Waals surface area contributed by atoms with Gasteiger partial charge in [0, 0.05) is 47.9 Å². The van der Waals surface area contributed by atoms with Crippen LogP contribution >= 0.6 is 9.24 Å². The van der Waals surface area contributed by atoms with Crippen molar-refractivity contribution < 1.29 is 43.0 Å². The average molecular weight is 881 g/mol. The molecule has 0 radical (unpaired) electrons. The van der Waals surface area contributed by atoms with Gasteiger partial charge in [-0.15, -0.1) is 0 Å². The van der Waals surface area contributed by atoms with Crippen molar-refractivity contribution in [1.82, 2.24) is 0 Å². The van der Waals surface area contributed by atoms with E-state index in [1.807, 2.05) is 0 Å². The lowest BCUT2D eigenvalue weighted by Crippen LogP contribution is -2.38. The third-order valence-corrected chi connectivity index (χ3v) is 15.1. The summed E-state index contributed by atoms with van der Waals surface area (Å²) in [4.78, 5) is 0. The summed E-state index contributed by atoms with van der Waals surface area (Å²) >= 11 is 0. The van der Waals surface area contributed by atoms with Crippen LogP contribution in [0, 0.1) is 83.1 Å². The van der Waals surface area contributed by atoms with Crippen molar-refractivity contribution in [3.8, 4) is 46.0 Å². The second kappa shape index (κ2) is 16.8. The third kappa shape index (κ3) is 8.41. The average Bonchev–Trinajstić information content (AvgIpc) is 4.20. The van der Waals surface area contributed by atoms with Gasteiger partial charge in [0.05, 0.1) is 25.4 Å². The summed E-state index contributed by atoms with van der Waals surface area (Å²) in [6.45, 7) is 34.0. The van der Waals surface area contributed by atoms with Gasteiger partial charge >= 0.3 is 0 Å². The van der Waals surface area contributed by atoms with Gasteiger partial charge < -0.3 is 43.0 Å². The normalized spacial score (nSPS) is 19.3. The standard InChI is InChI=1S/C53H69O9P/c1-16-52(14,61-46-27(4)31(8)50-42(35(46)12)17-41-34(11)45(58-24-39-23-56-39)26(3)30(7)49(41)59-50)19-37(54)21-57-44-25(2)29(6)48-40(33(44)10)18-43-36(13)47(28(5)32(9)51(43)60-48)62-53(15,63)20-38-22-55-38/h37-39,54H,16-24,63H2,1-15H3. The van der Waals surface area contributed by atoms with Crippen LogP contribution in [0.5, 0.6) is 46.0 Å². The fourth-order valence-electron chi connectivity index (χ4n) is 9.82. The molecule has 340 valence electrons. The van der Waals surface area contributed by atoms with Crippen LogP contribution in [0.25, 0.3) is 0 Å². The van der Waals surface area contributed by atoms with Crippen molar-refractivity contribution in [2.24, 2.45) is 0 Å². The van der Waals surface area contributed by atoms with Gasteiger partial charge in [0.2, 0.25) is 0 Å². The summed E-state index contributed by atoms with van der Waals surface area (Å²) in [6, 6.07) is 0. The van der Waals surface area contributed by atoms with Crippen molar-refractivity contribution in [2.75, 3.05) is 26.4 Å². The monoisotopic (exact) mass is 880 g/mol. The van der Waals surface area contributed by atoms with E-state index in [4.69, 9.17) is 37.9 Å². The zero-order valence-electron chi connectivity index (χ0n) is 40.4. The van der Waals surface area contributed by atoms with E-state index in [0.29, 0.717) is 32.3 Å². The second-order valence-corrected chi connectivity index (χ2v) is 20.7. The molecular weight excluding hydrogens is 812 g/mol. The van der Waals surface area contributed by atoms with Crippen LogP contribution in [0.1, 0.15) is 129 Å². The number of fused-ring (bicyclic) bond motifs is 4. The highest BCUT2D eigenvalue weighted by Gasteiger charge is 2.37. The van der Waals surface area contributed by atoms with Crippen molar-refractivity contribution in [2.45, 2.75) is 165 Å². The minimum absolute atomic E-state index is 0.129. The molecule has 0 amide bonds. The first kappa shape index (κ1) is 45.6. The van der Waals surface area contributed by atoms with Gasteiger partial charge in [-0.25, -0.2) is 0 Å². The van der Waals surface area contributed by atoms with Crippen molar-refractivity contribution in [1.29, 1.82) is 0 Å². The number of aliphatic hydroxyl groups excluding tert-OH is 1. The van der Waals surface area contributed by atoms with E-state index < -0.39 is 17.0 Å². The smallest absolute Gasteiger partial charge is 0.134 e. The molecule has 0 saturated carbocycles. The Morgan fingerprint density at radius 3 is 1.35 bits per heavy atom. The molecule has 4 heterocycles. The molecule has 63 heavy (non-hydrogen) atoms. The Balaban J connectivity index is 1.00. The number of hydrogen-bond donors (Lipinski definition) is 1. The maximum absolute atomic E-state index is 11.7. The molecule has 6 atom stereocenters. The van der Waals surface area contributed by atoms with Gasteiger partial charge in [-0.2, -0.15) is 0 Å². The summed E-state index contributed by atoms with van der Waals surface area (Å²) in [5.74, 6) is 7.14. The molecule has 2 fully saturated rings. The molecule has 2 saturated heterocycles. The number of benzene rings is 4. The molecule has 0 bridgehead atoms. The molecule has 0 aliphatic carbocycles. The molecule has 0 spiro atoms. The Morgan fingerprint density at radius 2 is 0.937 bits per heavy atom. The molecule has 0 aromatic heterocycles. The highest BCUT2D eigenvalue weighted by Crippen LogP contribution is 2.53. The first-order valence-electron chi connectivity index (χ1n) is 22.8. The Kier molecular flexibility index (Phi) is 12.1. The zero-order valence-corrected chi connectivity index (χ0v) is 41.5. The zero-order chi connectivity index (χ0) is 45.6. The number of rotatable bonds is 15. The molecular formula is C53H69O9P. The maximum atomic E-state index is 11.7. The predicted octanol–water partition coefficient (Wildman–Crippen LogP) is 11.7. The second-order valence-electron chi connectivity index (χ2n) is 19.5. The topological polar surface area (TPSA) is 101 Å². The number of ether oxygens (including phenoxy) is 8. The van der Waals surface area contributed by atoms with E-state index in [1.54, 1.807) is 0 Å². The summed E-state index contributed by atoms with van der Waals surface area (Å²) < 4.78 is 51.4. The molecule has 9 nitrogen and oxygen atoms in total. The fourth-order valence-corrected chi connectivity index (χ4v) is 10.2. The van der Waals surface area contributed by atoms with Gasteiger partial charge in [-0.3, -0.25) is 0 Å². The molecule has 1 N–H and O–H groups in total. The van der Waals surface area contributed by atoms with Gasteiger partial charge in [0.25, 0.3) is 0 Å². The van der Waals surface area contributed by atoms with E-state index in [9.17, 15) is 5.11 Å². The van der Waals surface area contributed by atoms with Gasteiger partial charge in [0.1, 0.15) is 76.3 Å². The van der Waals surface area contributed by atoms with Gasteiger partial charge in [-0.05, 0) is 170 Å². The number of epoxide rings is 2. The van der Waals surface area contributed by atoms with Crippen LogP contribution < -0.4 is 28.4 Å². The lowest BCUT2D eigenvalue weighted by molar-refractivity contribution is 0.00329. The Morgan fingerprint density at radius 1 is 0.556 bits per heavy atom. The van der Waals surface area contributed by atoms with Crippen LogP contribution in [-0.2, 0) is 22.3 Å². The fraction of sp³-hybridized carbons (Fsp3) is 0.547. The Labute approximate surface area is 377 Å².